The van der Waals surface area contributed by atoms with Gasteiger partial charge >= 0.3 is 0 Å². The molecule has 0 aliphatic heterocycles. The van der Waals surface area contributed by atoms with Gasteiger partial charge < -0.3 is 9.64 Å². The van der Waals surface area contributed by atoms with Gasteiger partial charge in [-0.05, 0) is 76.6 Å². The first kappa shape index (κ1) is 27.7. The Morgan fingerprint density at radius 3 is 1.93 bits per heavy atom. The van der Waals surface area contributed by atoms with E-state index in [0.717, 1.165) is 46.6 Å². The summed E-state index contributed by atoms with van der Waals surface area (Å²) in [6.45, 7) is 4.94. The molecule has 204 valence electrons. The highest BCUT2D eigenvalue weighted by Gasteiger charge is 2.15. The summed E-state index contributed by atoms with van der Waals surface area (Å²) in [5, 5.41) is 10.2. The first-order valence-corrected chi connectivity index (χ1v) is 13.8. The molecule has 0 amide bonds. The largest absolute Gasteiger partial charge is 0.461 e. The van der Waals surface area contributed by atoms with Gasteiger partial charge in [0, 0.05) is 25.7 Å². The summed E-state index contributed by atoms with van der Waals surface area (Å²) >= 11 is 0. The van der Waals surface area contributed by atoms with E-state index in [9.17, 15) is 9.65 Å². The van der Waals surface area contributed by atoms with Gasteiger partial charge in [-0.25, -0.2) is 4.39 Å². The third-order valence-corrected chi connectivity index (χ3v) is 7.15. The summed E-state index contributed by atoms with van der Waals surface area (Å²) in [7, 11) is 0. The Kier molecular flexibility index (Phi) is 8.76. The number of rotatable bonds is 10. The normalized spacial score (nSPS) is 11.5. The lowest BCUT2D eigenvalue weighted by atomic mass is 9.93. The monoisotopic (exact) mass is 540 g/mol. The maximum Gasteiger partial charge on any atom is 0.235 e. The number of hydrogen-bond donors (Lipinski definition) is 0. The summed E-state index contributed by atoms with van der Waals surface area (Å²) in [6, 6.07) is 43.3. The second kappa shape index (κ2) is 13.0. The van der Waals surface area contributed by atoms with Crippen LogP contribution in [0.3, 0.4) is 0 Å². The maximum absolute atomic E-state index is 13.4. The predicted molar refractivity (Wildman–Crippen MR) is 165 cm³/mol. The minimum absolute atomic E-state index is 0.497. The van der Waals surface area contributed by atoms with Crippen molar-refractivity contribution in [3.63, 3.8) is 0 Å². The lowest BCUT2D eigenvalue weighted by molar-refractivity contribution is 0.0861. The topological polar surface area (TPSA) is 36.3 Å². The quantitative estimate of drug-likeness (QED) is 0.177. The molecule has 0 aliphatic carbocycles. The highest BCUT2D eigenvalue weighted by Crippen LogP contribution is 2.30. The highest BCUT2D eigenvalue weighted by molar-refractivity contribution is 5.66. The lowest BCUT2D eigenvalue weighted by Crippen LogP contribution is -2.22. The Morgan fingerprint density at radius 2 is 1.32 bits per heavy atom. The van der Waals surface area contributed by atoms with E-state index in [2.05, 4.69) is 84.6 Å². The van der Waals surface area contributed by atoms with Crippen LogP contribution in [0, 0.1) is 18.3 Å². The van der Waals surface area contributed by atoms with E-state index in [4.69, 9.17) is 4.74 Å². The lowest BCUT2D eigenvalue weighted by Gasteiger charge is -2.27. The number of anilines is 1. The molecule has 0 fully saturated rings. The SMILES string of the molecule is Cc1cc(N(Cc2ccccc2)Cc2ccccc2)cc(C#N)c1Cc1cccc(-c2cccc(OC(C)F)c2)c1. The molecular weight excluding hydrogens is 507 g/mol. The van der Waals surface area contributed by atoms with E-state index in [1.54, 1.807) is 6.07 Å². The molecule has 0 saturated heterocycles. The van der Waals surface area contributed by atoms with Gasteiger partial charge in [0.05, 0.1) is 11.6 Å². The van der Waals surface area contributed by atoms with Crippen LogP contribution in [-0.4, -0.2) is 6.36 Å². The van der Waals surface area contributed by atoms with E-state index >= 15 is 0 Å². The Balaban J connectivity index is 1.44. The molecule has 0 spiro atoms. The zero-order valence-electron chi connectivity index (χ0n) is 23.4. The van der Waals surface area contributed by atoms with Crippen LogP contribution in [-0.2, 0) is 19.5 Å². The van der Waals surface area contributed by atoms with Crippen LogP contribution in [0.2, 0.25) is 0 Å². The Labute approximate surface area is 242 Å². The van der Waals surface area contributed by atoms with Crippen molar-refractivity contribution in [3.8, 4) is 22.9 Å². The van der Waals surface area contributed by atoms with Gasteiger partial charge in [-0.15, -0.1) is 0 Å². The van der Waals surface area contributed by atoms with Gasteiger partial charge in [-0.3, -0.25) is 0 Å². The van der Waals surface area contributed by atoms with E-state index in [1.165, 1.54) is 18.1 Å². The predicted octanol–water partition coefficient (Wildman–Crippen LogP) is 9.03. The van der Waals surface area contributed by atoms with Gasteiger partial charge in [0.2, 0.25) is 6.36 Å². The zero-order chi connectivity index (χ0) is 28.6. The van der Waals surface area contributed by atoms with Crippen LogP contribution in [0.15, 0.2) is 121 Å². The molecule has 0 saturated carbocycles. The van der Waals surface area contributed by atoms with Crippen molar-refractivity contribution in [1.82, 2.24) is 0 Å². The number of hydrogen-bond acceptors (Lipinski definition) is 3. The fraction of sp³-hybridized carbons (Fsp3) is 0.162. The van der Waals surface area contributed by atoms with E-state index < -0.39 is 6.36 Å². The maximum atomic E-state index is 13.4. The number of ether oxygens (including phenoxy) is 1. The fourth-order valence-corrected chi connectivity index (χ4v) is 5.16. The average Bonchev–Trinajstić information content (AvgIpc) is 2.99. The Hall–Kier alpha value is -4.88. The van der Waals surface area contributed by atoms with Crippen LogP contribution in [0.1, 0.15) is 40.3 Å². The van der Waals surface area contributed by atoms with Gasteiger partial charge in [0.25, 0.3) is 0 Å². The average molecular weight is 541 g/mol. The number of alkyl halides is 1. The summed E-state index contributed by atoms with van der Waals surface area (Å²) in [6.07, 6.45) is -0.735. The molecule has 3 nitrogen and oxygen atoms in total. The first-order valence-electron chi connectivity index (χ1n) is 13.8. The third-order valence-electron chi connectivity index (χ3n) is 7.15. The molecule has 0 radical (unpaired) electrons. The van der Waals surface area contributed by atoms with Crippen molar-refractivity contribution in [2.24, 2.45) is 0 Å². The van der Waals surface area contributed by atoms with Gasteiger partial charge in [0.1, 0.15) is 5.75 Å². The van der Waals surface area contributed by atoms with Crippen molar-refractivity contribution < 1.29 is 9.13 Å². The molecule has 41 heavy (non-hydrogen) atoms. The van der Waals surface area contributed by atoms with Crippen molar-refractivity contribution >= 4 is 5.69 Å². The molecule has 0 aliphatic rings. The molecule has 5 aromatic rings. The molecule has 0 bridgehead atoms. The van der Waals surface area contributed by atoms with Crippen molar-refractivity contribution in [3.05, 3.63) is 155 Å². The van der Waals surface area contributed by atoms with Crippen LogP contribution >= 0.6 is 0 Å². The minimum Gasteiger partial charge on any atom is -0.461 e. The standard InChI is InChI=1S/C37H33FN2O/c1-27-19-35(40(25-29-11-5-3-6-12-29)26-30-13-7-4-8-14-30)22-34(24-39)37(27)21-31-15-9-16-32(20-31)33-17-10-18-36(23-33)41-28(2)38/h3-20,22-23,28H,21,25-26H2,1-2H3. The molecule has 0 heterocycles. The van der Waals surface area contributed by atoms with Crippen LogP contribution in [0.5, 0.6) is 5.75 Å². The third kappa shape index (κ3) is 7.21. The van der Waals surface area contributed by atoms with Crippen LogP contribution < -0.4 is 9.64 Å². The molecule has 5 aromatic carbocycles. The van der Waals surface area contributed by atoms with Crippen molar-refractivity contribution in [2.75, 3.05) is 4.90 Å². The van der Waals surface area contributed by atoms with Crippen LogP contribution in [0.4, 0.5) is 10.1 Å². The minimum atomic E-state index is -1.37. The van der Waals surface area contributed by atoms with Gasteiger partial charge in [-0.1, -0.05) is 97.1 Å². The zero-order valence-corrected chi connectivity index (χ0v) is 23.4. The number of aryl methyl sites for hydroxylation is 1. The molecule has 4 heteroatoms. The fourth-order valence-electron chi connectivity index (χ4n) is 5.16. The molecule has 0 N–H and O–H groups in total. The van der Waals surface area contributed by atoms with Crippen molar-refractivity contribution in [2.45, 2.75) is 39.7 Å². The molecule has 5 rings (SSSR count). The van der Waals surface area contributed by atoms with Gasteiger partial charge in [0.15, 0.2) is 0 Å². The first-order chi connectivity index (χ1) is 20.0. The molecule has 1 unspecified atom stereocenters. The smallest absolute Gasteiger partial charge is 0.235 e. The molecule has 1 atom stereocenters. The van der Waals surface area contributed by atoms with E-state index in [-0.39, 0.29) is 0 Å². The van der Waals surface area contributed by atoms with Gasteiger partial charge in [-0.2, -0.15) is 5.26 Å². The number of halogens is 1. The summed E-state index contributed by atoms with van der Waals surface area (Å²) < 4.78 is 18.6. The number of nitrogens with zero attached hydrogens (tertiary/aromatic N) is 2. The number of nitriles is 1. The Bertz CT molecular complexity index is 1600. The van der Waals surface area contributed by atoms with E-state index in [1.807, 2.05) is 48.5 Å². The number of benzene rings is 5. The Morgan fingerprint density at radius 1 is 0.732 bits per heavy atom. The van der Waals surface area contributed by atoms with Crippen molar-refractivity contribution in [1.29, 1.82) is 5.26 Å². The summed E-state index contributed by atoms with van der Waals surface area (Å²) in [5.74, 6) is 0.497. The summed E-state index contributed by atoms with van der Waals surface area (Å²) in [4.78, 5) is 2.33. The molecular formula is C37H33FN2O. The highest BCUT2D eigenvalue weighted by atomic mass is 19.1. The summed E-state index contributed by atoms with van der Waals surface area (Å²) in [5.41, 5.74) is 9.34. The molecule has 0 aromatic heterocycles. The second-order valence-corrected chi connectivity index (χ2v) is 10.3. The van der Waals surface area contributed by atoms with E-state index in [0.29, 0.717) is 17.7 Å². The second-order valence-electron chi connectivity index (χ2n) is 10.3. The van der Waals surface area contributed by atoms with Crippen LogP contribution in [0.25, 0.3) is 11.1 Å².